The number of rotatable bonds is 4. The van der Waals surface area contributed by atoms with Crippen molar-refractivity contribution in [2.75, 3.05) is 13.7 Å². The molecule has 1 amide bonds. The predicted molar refractivity (Wildman–Crippen MR) is 108 cm³/mol. The Bertz CT molecular complexity index is 900. The van der Waals surface area contributed by atoms with E-state index in [1.165, 1.54) is 0 Å². The van der Waals surface area contributed by atoms with Gasteiger partial charge in [0.1, 0.15) is 6.10 Å². The summed E-state index contributed by atoms with van der Waals surface area (Å²) in [5.74, 6) is -0.598. The molecule has 1 aromatic carbocycles. The van der Waals surface area contributed by atoms with Crippen molar-refractivity contribution < 1.29 is 29.3 Å². The highest BCUT2D eigenvalue weighted by atomic mass is 79.9. The molecule has 0 fully saturated rings. The highest BCUT2D eigenvalue weighted by molar-refractivity contribution is 9.10. The van der Waals surface area contributed by atoms with Gasteiger partial charge in [0.05, 0.1) is 24.5 Å². The van der Waals surface area contributed by atoms with Gasteiger partial charge in [-0.3, -0.25) is 9.59 Å². The van der Waals surface area contributed by atoms with E-state index in [4.69, 9.17) is 14.6 Å². The summed E-state index contributed by atoms with van der Waals surface area (Å²) >= 11 is 3.63. The van der Waals surface area contributed by atoms with Crippen LogP contribution in [0.5, 0.6) is 11.5 Å². The standard InChI is InChI=1S/C21H24BrNO6/c1-11(20(26)27)7-17(25)23-6-5-21-4-3-12(24)8-16(21)29-19-15(28-2)9-14(22)13(10-23)18(19)21/h3-4,9,11-12,16,24H,5-8,10H2,1-2H3,(H,26,27)/t11?,12-,16-,21-/m1/s1. The van der Waals surface area contributed by atoms with Crippen LogP contribution in [0.3, 0.4) is 0 Å². The minimum Gasteiger partial charge on any atom is -0.493 e. The largest absolute Gasteiger partial charge is 0.493 e. The maximum absolute atomic E-state index is 12.9. The van der Waals surface area contributed by atoms with Gasteiger partial charge in [-0.05, 0) is 18.1 Å². The van der Waals surface area contributed by atoms with E-state index in [-0.39, 0.29) is 18.4 Å². The number of nitrogens with zero attached hydrogens (tertiary/aromatic N) is 1. The van der Waals surface area contributed by atoms with Crippen LogP contribution in [0.15, 0.2) is 22.7 Å². The summed E-state index contributed by atoms with van der Waals surface area (Å²) in [4.78, 5) is 25.8. The lowest BCUT2D eigenvalue weighted by Crippen LogP contribution is -2.43. The summed E-state index contributed by atoms with van der Waals surface area (Å²) in [5.41, 5.74) is 1.49. The zero-order valence-corrected chi connectivity index (χ0v) is 17.9. The molecule has 7 nitrogen and oxygen atoms in total. The fraction of sp³-hybridized carbons (Fsp3) is 0.524. The van der Waals surface area contributed by atoms with Crippen molar-refractivity contribution in [3.05, 3.63) is 33.8 Å². The maximum Gasteiger partial charge on any atom is 0.306 e. The van der Waals surface area contributed by atoms with Crippen molar-refractivity contribution >= 4 is 27.8 Å². The van der Waals surface area contributed by atoms with Gasteiger partial charge in [0.25, 0.3) is 0 Å². The number of carboxylic acid groups (broad SMARTS) is 1. The van der Waals surface area contributed by atoms with Crippen molar-refractivity contribution in [2.24, 2.45) is 5.92 Å². The first-order chi connectivity index (χ1) is 13.8. The number of hydrogen-bond acceptors (Lipinski definition) is 5. The number of aliphatic hydroxyl groups excluding tert-OH is 1. The fourth-order valence-electron chi connectivity index (χ4n) is 4.65. The number of hydrogen-bond donors (Lipinski definition) is 2. The summed E-state index contributed by atoms with van der Waals surface area (Å²) in [5, 5.41) is 19.3. The van der Waals surface area contributed by atoms with Crippen LogP contribution in [0, 0.1) is 5.92 Å². The number of carboxylic acids is 1. The fourth-order valence-corrected chi connectivity index (χ4v) is 5.18. The minimum absolute atomic E-state index is 0.0349. The number of methoxy groups -OCH3 is 1. The Morgan fingerprint density at radius 1 is 1.48 bits per heavy atom. The van der Waals surface area contributed by atoms with Gasteiger partial charge < -0.3 is 24.6 Å². The molecule has 1 aliphatic carbocycles. The summed E-state index contributed by atoms with van der Waals surface area (Å²) in [6.45, 7) is 2.39. The average molecular weight is 466 g/mol. The van der Waals surface area contributed by atoms with Crippen LogP contribution in [-0.4, -0.2) is 52.9 Å². The van der Waals surface area contributed by atoms with E-state index in [0.29, 0.717) is 37.4 Å². The number of ether oxygens (including phenoxy) is 2. The average Bonchev–Trinajstić information content (AvgIpc) is 2.89. The van der Waals surface area contributed by atoms with Gasteiger partial charge in [-0.2, -0.15) is 0 Å². The van der Waals surface area contributed by atoms with Gasteiger partial charge in [-0.25, -0.2) is 0 Å². The van der Waals surface area contributed by atoms with Crippen LogP contribution in [0.4, 0.5) is 0 Å². The van der Waals surface area contributed by atoms with Crippen molar-refractivity contribution in [3.63, 3.8) is 0 Å². The Labute approximate surface area is 177 Å². The highest BCUT2D eigenvalue weighted by Gasteiger charge is 2.53. The van der Waals surface area contributed by atoms with Crippen LogP contribution in [0.1, 0.15) is 37.3 Å². The highest BCUT2D eigenvalue weighted by Crippen LogP contribution is 2.57. The lowest BCUT2D eigenvalue weighted by molar-refractivity contribution is -0.145. The SMILES string of the molecule is COc1cc(Br)c2c3c1O[C@@H]1C[C@H](O)C=C[C@]31CCN(C(=O)CC(C)C(=O)O)C2. The van der Waals surface area contributed by atoms with E-state index in [9.17, 15) is 14.7 Å². The number of aliphatic carboxylic acids is 1. The normalized spacial score (nSPS) is 28.1. The number of carbonyl (C=O) groups excluding carboxylic acids is 1. The van der Waals surface area contributed by atoms with Gasteiger partial charge in [0.15, 0.2) is 11.5 Å². The van der Waals surface area contributed by atoms with E-state index < -0.39 is 23.4 Å². The van der Waals surface area contributed by atoms with Gasteiger partial charge in [-0.15, -0.1) is 0 Å². The molecule has 3 aliphatic rings. The molecular formula is C21H24BrNO6. The summed E-state index contributed by atoms with van der Waals surface area (Å²) in [6, 6.07) is 1.84. The second-order valence-corrected chi connectivity index (χ2v) is 8.92. The Morgan fingerprint density at radius 2 is 2.24 bits per heavy atom. The molecular weight excluding hydrogens is 442 g/mol. The van der Waals surface area contributed by atoms with Gasteiger partial charge >= 0.3 is 5.97 Å². The number of aliphatic hydroxyl groups is 1. The molecule has 1 aromatic rings. The van der Waals surface area contributed by atoms with Gasteiger partial charge in [0, 0.05) is 36.0 Å². The van der Waals surface area contributed by atoms with Crippen molar-refractivity contribution in [1.29, 1.82) is 0 Å². The second kappa shape index (κ2) is 7.32. The Hall–Kier alpha value is -2.06. The van der Waals surface area contributed by atoms with Crippen LogP contribution in [-0.2, 0) is 21.5 Å². The van der Waals surface area contributed by atoms with Crippen LogP contribution in [0.25, 0.3) is 0 Å². The lowest BCUT2D eigenvalue weighted by Gasteiger charge is -2.35. The molecule has 0 bridgehead atoms. The molecule has 156 valence electrons. The monoisotopic (exact) mass is 465 g/mol. The molecule has 4 atom stereocenters. The first kappa shape index (κ1) is 20.2. The smallest absolute Gasteiger partial charge is 0.306 e. The van der Waals surface area contributed by atoms with Crippen LogP contribution in [0.2, 0.25) is 0 Å². The summed E-state index contributed by atoms with van der Waals surface area (Å²) in [7, 11) is 1.59. The zero-order chi connectivity index (χ0) is 20.9. The molecule has 0 aromatic heterocycles. The second-order valence-electron chi connectivity index (χ2n) is 8.06. The Kier molecular flexibility index (Phi) is 5.11. The Balaban J connectivity index is 1.78. The van der Waals surface area contributed by atoms with E-state index in [2.05, 4.69) is 15.9 Å². The molecule has 4 rings (SSSR count). The molecule has 2 aliphatic heterocycles. The molecule has 8 heteroatoms. The Morgan fingerprint density at radius 3 is 2.93 bits per heavy atom. The van der Waals surface area contributed by atoms with E-state index in [1.807, 2.05) is 12.1 Å². The third kappa shape index (κ3) is 3.22. The van der Waals surface area contributed by atoms with Crippen LogP contribution < -0.4 is 9.47 Å². The van der Waals surface area contributed by atoms with Crippen LogP contribution >= 0.6 is 15.9 Å². The molecule has 2 heterocycles. The third-order valence-electron chi connectivity index (χ3n) is 6.29. The molecule has 1 unspecified atom stereocenters. The van der Waals surface area contributed by atoms with Gasteiger partial charge in [-0.1, -0.05) is 35.0 Å². The molecule has 0 saturated heterocycles. The number of halogens is 1. The lowest BCUT2D eigenvalue weighted by atomic mass is 9.69. The van der Waals surface area contributed by atoms with Crippen molar-refractivity contribution in [2.45, 2.75) is 50.4 Å². The zero-order valence-electron chi connectivity index (χ0n) is 16.4. The molecule has 0 radical (unpaired) electrons. The number of amides is 1. The number of carbonyl (C=O) groups is 2. The van der Waals surface area contributed by atoms with E-state index in [1.54, 1.807) is 25.0 Å². The molecule has 0 saturated carbocycles. The first-order valence-electron chi connectivity index (χ1n) is 9.71. The third-order valence-corrected chi connectivity index (χ3v) is 7.00. The summed E-state index contributed by atoms with van der Waals surface area (Å²) in [6.07, 6.45) is 4.06. The topological polar surface area (TPSA) is 96.3 Å². The van der Waals surface area contributed by atoms with Crippen molar-refractivity contribution in [3.8, 4) is 11.5 Å². The van der Waals surface area contributed by atoms with E-state index in [0.717, 1.165) is 15.6 Å². The molecule has 2 N–H and O–H groups in total. The maximum atomic E-state index is 12.9. The van der Waals surface area contributed by atoms with E-state index >= 15 is 0 Å². The number of benzene rings is 1. The quantitative estimate of drug-likeness (QED) is 0.663. The minimum atomic E-state index is -0.975. The van der Waals surface area contributed by atoms with Crippen molar-refractivity contribution in [1.82, 2.24) is 4.90 Å². The molecule has 29 heavy (non-hydrogen) atoms. The first-order valence-corrected chi connectivity index (χ1v) is 10.5. The van der Waals surface area contributed by atoms with Gasteiger partial charge in [0.2, 0.25) is 5.91 Å². The predicted octanol–water partition coefficient (Wildman–Crippen LogP) is 2.62. The summed E-state index contributed by atoms with van der Waals surface area (Å²) < 4.78 is 12.7. The molecule has 1 spiro atoms.